The van der Waals surface area contributed by atoms with Crippen LogP contribution in [0.1, 0.15) is 18.6 Å². The second kappa shape index (κ2) is 5.45. The summed E-state index contributed by atoms with van der Waals surface area (Å²) in [6, 6.07) is 0. The van der Waals surface area contributed by atoms with Gasteiger partial charge in [-0.25, -0.2) is 0 Å². The Morgan fingerprint density at radius 2 is 2.39 bits per heavy atom. The first kappa shape index (κ1) is 13.0. The monoisotopic (exact) mass is 254 g/mol. The molecule has 1 saturated heterocycles. The summed E-state index contributed by atoms with van der Waals surface area (Å²) in [5.74, 6) is 1.01. The Hall–Kier alpha value is -1.47. The second-order valence-corrected chi connectivity index (χ2v) is 4.68. The molecular formula is C11H18N4O3. The summed E-state index contributed by atoms with van der Waals surface area (Å²) in [6.07, 6.45) is 0.533. The van der Waals surface area contributed by atoms with Crippen molar-refractivity contribution in [3.63, 3.8) is 0 Å². The number of rotatable bonds is 6. The molecule has 0 aromatic carbocycles. The van der Waals surface area contributed by atoms with Gasteiger partial charge in [0, 0.05) is 26.1 Å². The highest BCUT2D eigenvalue weighted by atomic mass is 16.5. The third-order valence-corrected chi connectivity index (χ3v) is 2.78. The minimum Gasteiger partial charge on any atom is -0.363 e. The third kappa shape index (κ3) is 3.51. The molecule has 0 unspecified atom stereocenters. The number of nitrogens with zero attached hydrogens (tertiary/aromatic N) is 2. The smallest absolute Gasteiger partial charge is 0.246 e. The average molecular weight is 254 g/mol. The van der Waals surface area contributed by atoms with E-state index in [0.717, 1.165) is 13.1 Å². The first-order valence-corrected chi connectivity index (χ1v) is 5.98. The van der Waals surface area contributed by atoms with Gasteiger partial charge in [-0.1, -0.05) is 5.16 Å². The Morgan fingerprint density at radius 1 is 1.61 bits per heavy atom. The maximum atomic E-state index is 11.5. The molecule has 18 heavy (non-hydrogen) atoms. The number of hydrogen-bond acceptors (Lipinski definition) is 6. The van der Waals surface area contributed by atoms with Crippen molar-refractivity contribution >= 4 is 5.91 Å². The van der Waals surface area contributed by atoms with Gasteiger partial charge in [-0.2, -0.15) is 4.98 Å². The van der Waals surface area contributed by atoms with E-state index in [4.69, 9.17) is 9.26 Å². The van der Waals surface area contributed by atoms with E-state index in [9.17, 15) is 4.79 Å². The maximum Gasteiger partial charge on any atom is 0.246 e. The van der Waals surface area contributed by atoms with Gasteiger partial charge in [-0.05, 0) is 13.8 Å². The fourth-order valence-electron chi connectivity index (χ4n) is 1.62. The Kier molecular flexibility index (Phi) is 3.93. The number of aromatic nitrogens is 2. The van der Waals surface area contributed by atoms with Crippen molar-refractivity contribution in [2.75, 3.05) is 26.2 Å². The predicted octanol–water partition coefficient (Wildman–Crippen LogP) is -0.585. The zero-order chi connectivity index (χ0) is 13.0. The normalized spacial score (nSPS) is 17.2. The summed E-state index contributed by atoms with van der Waals surface area (Å²) in [5.41, 5.74) is -0.194. The van der Waals surface area contributed by atoms with Crippen LogP contribution in [0.2, 0.25) is 0 Å². The summed E-state index contributed by atoms with van der Waals surface area (Å²) >= 11 is 0. The van der Waals surface area contributed by atoms with E-state index in [0.29, 0.717) is 24.7 Å². The molecule has 2 heterocycles. The van der Waals surface area contributed by atoms with Gasteiger partial charge in [0.25, 0.3) is 0 Å². The first-order chi connectivity index (χ1) is 8.57. The molecule has 1 aromatic rings. The molecule has 2 rings (SSSR count). The Balaban J connectivity index is 1.60. The number of carbonyl (C=O) groups excluding carboxylic acids is 1. The van der Waals surface area contributed by atoms with Crippen molar-refractivity contribution in [2.24, 2.45) is 0 Å². The predicted molar refractivity (Wildman–Crippen MR) is 63.0 cm³/mol. The first-order valence-electron chi connectivity index (χ1n) is 5.98. The number of aryl methyl sites for hydroxylation is 1. The SMILES string of the molecule is Cc1noc(CCNC(=O)COC2(C)CNC2)n1. The number of hydrogen-bond donors (Lipinski definition) is 2. The molecule has 100 valence electrons. The molecule has 1 aliphatic heterocycles. The lowest BCUT2D eigenvalue weighted by molar-refractivity contribution is -0.135. The van der Waals surface area contributed by atoms with Crippen molar-refractivity contribution in [3.8, 4) is 0 Å². The molecular weight excluding hydrogens is 236 g/mol. The molecule has 0 bridgehead atoms. The third-order valence-electron chi connectivity index (χ3n) is 2.78. The summed E-state index contributed by atoms with van der Waals surface area (Å²) in [7, 11) is 0. The van der Waals surface area contributed by atoms with Gasteiger partial charge in [0.05, 0.1) is 5.60 Å². The maximum absolute atomic E-state index is 11.5. The van der Waals surface area contributed by atoms with Crippen LogP contribution in [0, 0.1) is 6.92 Å². The van der Waals surface area contributed by atoms with Gasteiger partial charge < -0.3 is 19.9 Å². The molecule has 7 nitrogen and oxygen atoms in total. The van der Waals surface area contributed by atoms with Crippen LogP contribution in [0.3, 0.4) is 0 Å². The molecule has 0 spiro atoms. The lowest BCUT2D eigenvalue weighted by Gasteiger charge is -2.38. The second-order valence-electron chi connectivity index (χ2n) is 4.68. The van der Waals surface area contributed by atoms with Crippen LogP contribution in [0.25, 0.3) is 0 Å². The Bertz CT molecular complexity index is 414. The lowest BCUT2D eigenvalue weighted by atomic mass is 10.0. The van der Waals surface area contributed by atoms with Crippen LogP contribution < -0.4 is 10.6 Å². The number of amides is 1. The molecule has 0 aliphatic carbocycles. The van der Waals surface area contributed by atoms with Crippen LogP contribution in [-0.4, -0.2) is 47.9 Å². The van der Waals surface area contributed by atoms with Crippen LogP contribution >= 0.6 is 0 Å². The number of nitrogens with one attached hydrogen (secondary N) is 2. The van der Waals surface area contributed by atoms with Crippen LogP contribution in [-0.2, 0) is 16.0 Å². The van der Waals surface area contributed by atoms with Crippen LogP contribution in [0.4, 0.5) is 0 Å². The van der Waals surface area contributed by atoms with Crippen molar-refractivity contribution in [3.05, 3.63) is 11.7 Å². The highest BCUT2D eigenvalue weighted by molar-refractivity contribution is 5.77. The van der Waals surface area contributed by atoms with Gasteiger partial charge >= 0.3 is 0 Å². The van der Waals surface area contributed by atoms with Crippen molar-refractivity contribution in [1.82, 2.24) is 20.8 Å². The molecule has 0 saturated carbocycles. The van der Waals surface area contributed by atoms with E-state index in [2.05, 4.69) is 20.8 Å². The quantitative estimate of drug-likeness (QED) is 0.705. The summed E-state index contributed by atoms with van der Waals surface area (Å²) < 4.78 is 10.4. The average Bonchev–Trinajstić information content (AvgIpc) is 2.70. The highest BCUT2D eigenvalue weighted by Crippen LogP contribution is 2.14. The van der Waals surface area contributed by atoms with E-state index >= 15 is 0 Å². The summed E-state index contributed by atoms with van der Waals surface area (Å²) in [4.78, 5) is 15.5. The Morgan fingerprint density at radius 3 is 2.94 bits per heavy atom. The fraction of sp³-hybridized carbons (Fsp3) is 0.727. The molecule has 1 fully saturated rings. The van der Waals surface area contributed by atoms with Gasteiger partial charge in [0.15, 0.2) is 5.82 Å². The molecule has 1 aliphatic rings. The summed E-state index contributed by atoms with van der Waals surface area (Å²) in [6.45, 7) is 5.88. The molecule has 2 N–H and O–H groups in total. The van der Waals surface area contributed by atoms with Crippen LogP contribution in [0.5, 0.6) is 0 Å². The number of carbonyl (C=O) groups is 1. The molecule has 1 aromatic heterocycles. The summed E-state index contributed by atoms with van der Waals surface area (Å²) in [5, 5.41) is 9.53. The van der Waals surface area contributed by atoms with E-state index in [1.807, 2.05) is 6.92 Å². The minimum absolute atomic E-state index is 0.0844. The van der Waals surface area contributed by atoms with E-state index in [1.165, 1.54) is 0 Å². The molecule has 0 atom stereocenters. The van der Waals surface area contributed by atoms with E-state index < -0.39 is 0 Å². The minimum atomic E-state index is -0.194. The standard InChI is InChI=1S/C11H18N4O3/c1-8-14-10(18-15-8)3-4-13-9(16)5-17-11(2)6-12-7-11/h12H,3-7H2,1-2H3,(H,13,16). The zero-order valence-corrected chi connectivity index (χ0v) is 10.7. The largest absolute Gasteiger partial charge is 0.363 e. The molecule has 0 radical (unpaired) electrons. The van der Waals surface area contributed by atoms with E-state index in [1.54, 1.807) is 6.92 Å². The zero-order valence-electron chi connectivity index (χ0n) is 10.7. The van der Waals surface area contributed by atoms with Crippen molar-refractivity contribution in [1.29, 1.82) is 0 Å². The van der Waals surface area contributed by atoms with Gasteiger partial charge in [0.2, 0.25) is 11.8 Å². The molecule has 1 amide bonds. The van der Waals surface area contributed by atoms with Gasteiger partial charge in [-0.15, -0.1) is 0 Å². The fourth-order valence-corrected chi connectivity index (χ4v) is 1.62. The highest BCUT2D eigenvalue weighted by Gasteiger charge is 2.32. The van der Waals surface area contributed by atoms with Gasteiger partial charge in [0.1, 0.15) is 6.61 Å². The number of ether oxygens (including phenoxy) is 1. The van der Waals surface area contributed by atoms with Crippen molar-refractivity contribution < 1.29 is 14.1 Å². The lowest BCUT2D eigenvalue weighted by Crippen LogP contribution is -2.59. The van der Waals surface area contributed by atoms with E-state index in [-0.39, 0.29) is 18.1 Å². The van der Waals surface area contributed by atoms with Gasteiger partial charge in [-0.3, -0.25) is 4.79 Å². The molecule has 7 heteroatoms. The van der Waals surface area contributed by atoms with Crippen molar-refractivity contribution in [2.45, 2.75) is 25.9 Å². The Labute approximate surface area is 105 Å². The van der Waals surface area contributed by atoms with Crippen LogP contribution in [0.15, 0.2) is 4.52 Å². The topological polar surface area (TPSA) is 89.3 Å².